The summed E-state index contributed by atoms with van der Waals surface area (Å²) in [6.07, 6.45) is -1.25. The van der Waals surface area contributed by atoms with Crippen molar-refractivity contribution in [2.45, 2.75) is 25.9 Å². The summed E-state index contributed by atoms with van der Waals surface area (Å²) in [6, 6.07) is 4.86. The lowest BCUT2D eigenvalue weighted by molar-refractivity contribution is -0.137. The first kappa shape index (κ1) is 19.1. The third-order valence-corrected chi connectivity index (χ3v) is 4.35. The molecule has 0 bridgehead atoms. The van der Waals surface area contributed by atoms with Crippen LogP contribution in [0.4, 0.5) is 18.9 Å². The zero-order chi connectivity index (χ0) is 18.6. The molecule has 1 aliphatic heterocycles. The van der Waals surface area contributed by atoms with Crippen molar-refractivity contribution < 1.29 is 18.0 Å². The molecule has 0 atom stereocenters. The van der Waals surface area contributed by atoms with Crippen molar-refractivity contribution in [3.8, 4) is 6.07 Å². The van der Waals surface area contributed by atoms with Crippen molar-refractivity contribution in [1.82, 2.24) is 4.90 Å². The van der Waals surface area contributed by atoms with Crippen LogP contribution in [-0.2, 0) is 11.0 Å². The lowest BCUT2D eigenvalue weighted by Gasteiger charge is -2.29. The van der Waals surface area contributed by atoms with Gasteiger partial charge in [-0.25, -0.2) is 0 Å². The van der Waals surface area contributed by atoms with Crippen LogP contribution in [0.2, 0.25) is 5.02 Å². The van der Waals surface area contributed by atoms with Crippen molar-refractivity contribution >= 4 is 23.2 Å². The van der Waals surface area contributed by atoms with Gasteiger partial charge in [-0.15, -0.1) is 0 Å². The average molecular weight is 372 g/mol. The Morgan fingerprint density at radius 1 is 1.40 bits per heavy atom. The molecule has 0 spiro atoms. The van der Waals surface area contributed by atoms with Crippen molar-refractivity contribution in [3.63, 3.8) is 0 Å². The molecule has 134 valence electrons. The van der Waals surface area contributed by atoms with Gasteiger partial charge in [0.25, 0.3) is 5.91 Å². The quantitative estimate of drug-likeness (QED) is 0.631. The minimum absolute atomic E-state index is 0.0739. The maximum atomic E-state index is 12.9. The Kier molecular flexibility index (Phi) is 5.96. The number of benzene rings is 1. The first-order chi connectivity index (χ1) is 11.7. The molecule has 1 aliphatic rings. The Morgan fingerprint density at radius 3 is 2.60 bits per heavy atom. The molecule has 0 aliphatic carbocycles. The van der Waals surface area contributed by atoms with Gasteiger partial charge in [0.05, 0.1) is 10.6 Å². The van der Waals surface area contributed by atoms with Crippen LogP contribution >= 0.6 is 11.6 Å². The van der Waals surface area contributed by atoms with E-state index in [1.54, 1.807) is 6.07 Å². The number of amides is 1. The van der Waals surface area contributed by atoms with E-state index in [2.05, 4.69) is 12.2 Å². The summed E-state index contributed by atoms with van der Waals surface area (Å²) in [6.45, 7) is 3.61. The second-order valence-electron chi connectivity index (χ2n) is 6.02. The Morgan fingerprint density at radius 2 is 2.04 bits per heavy atom. The van der Waals surface area contributed by atoms with Gasteiger partial charge < -0.3 is 10.2 Å². The second-order valence-corrected chi connectivity index (χ2v) is 6.43. The number of carbonyl (C=O) groups is 1. The smallest absolute Gasteiger partial charge is 0.376 e. The van der Waals surface area contributed by atoms with E-state index in [0.717, 1.165) is 38.1 Å². The van der Waals surface area contributed by atoms with E-state index in [-0.39, 0.29) is 11.3 Å². The number of hydrogen-bond acceptors (Lipinski definition) is 3. The molecular formula is C17H17ClF3N3O. The third-order valence-electron chi connectivity index (χ3n) is 4.02. The summed E-state index contributed by atoms with van der Waals surface area (Å²) in [4.78, 5) is 14.1. The van der Waals surface area contributed by atoms with E-state index in [0.29, 0.717) is 5.92 Å². The summed E-state index contributed by atoms with van der Waals surface area (Å²) < 4.78 is 38.6. The Bertz CT molecular complexity index is 717. The van der Waals surface area contributed by atoms with Crippen LogP contribution in [-0.4, -0.2) is 23.9 Å². The SMILES string of the molecule is CC1CCN(/C=C(/C#N)C(=O)Nc2ccc(Cl)c(C(F)(F)F)c2)CC1. The normalized spacial score (nSPS) is 16.5. The van der Waals surface area contributed by atoms with Crippen molar-refractivity contribution in [3.05, 3.63) is 40.6 Å². The van der Waals surface area contributed by atoms with Crippen LogP contribution in [0.25, 0.3) is 0 Å². The maximum absolute atomic E-state index is 12.9. The summed E-state index contributed by atoms with van der Waals surface area (Å²) in [5, 5.41) is 11.0. The van der Waals surface area contributed by atoms with Gasteiger partial charge in [0.15, 0.2) is 0 Å². The topological polar surface area (TPSA) is 56.1 Å². The minimum atomic E-state index is -4.63. The Hall–Kier alpha value is -2.20. The highest BCUT2D eigenvalue weighted by Gasteiger charge is 2.33. The fourth-order valence-electron chi connectivity index (χ4n) is 2.50. The van der Waals surface area contributed by atoms with Gasteiger partial charge in [-0.3, -0.25) is 4.79 Å². The largest absolute Gasteiger partial charge is 0.417 e. The number of nitrogens with zero attached hydrogens (tertiary/aromatic N) is 2. The first-order valence-electron chi connectivity index (χ1n) is 7.74. The van der Waals surface area contributed by atoms with E-state index in [4.69, 9.17) is 11.6 Å². The first-order valence-corrected chi connectivity index (χ1v) is 8.12. The standard InChI is InChI=1S/C17H17ClF3N3O/c1-11-4-6-24(7-5-11)10-12(9-22)16(25)23-13-2-3-15(18)14(8-13)17(19,20)21/h2-3,8,10-11H,4-7H2,1H3,(H,23,25)/b12-10-. The van der Waals surface area contributed by atoms with Gasteiger partial charge >= 0.3 is 6.18 Å². The van der Waals surface area contributed by atoms with Crippen LogP contribution in [0.5, 0.6) is 0 Å². The molecule has 1 aromatic rings. The summed E-state index contributed by atoms with van der Waals surface area (Å²) >= 11 is 5.54. The van der Waals surface area contributed by atoms with Crippen LogP contribution in [0.15, 0.2) is 30.0 Å². The van der Waals surface area contributed by atoms with Gasteiger partial charge in [0, 0.05) is 25.0 Å². The van der Waals surface area contributed by atoms with E-state index < -0.39 is 22.7 Å². The molecule has 0 aromatic heterocycles. The second kappa shape index (κ2) is 7.79. The summed E-state index contributed by atoms with van der Waals surface area (Å²) in [5.41, 5.74) is -1.27. The number of halogens is 4. The molecule has 8 heteroatoms. The molecule has 1 amide bonds. The fraction of sp³-hybridized carbons (Fsp3) is 0.412. The minimum Gasteiger partial charge on any atom is -0.376 e. The number of likely N-dealkylation sites (tertiary alicyclic amines) is 1. The molecule has 4 nitrogen and oxygen atoms in total. The molecule has 0 saturated carbocycles. The molecule has 25 heavy (non-hydrogen) atoms. The number of rotatable bonds is 3. The van der Waals surface area contributed by atoms with E-state index in [1.165, 1.54) is 12.3 Å². The molecule has 1 N–H and O–H groups in total. The van der Waals surface area contributed by atoms with Crippen LogP contribution in [0.1, 0.15) is 25.3 Å². The lowest BCUT2D eigenvalue weighted by atomic mass is 9.99. The highest BCUT2D eigenvalue weighted by Crippen LogP contribution is 2.36. The van der Waals surface area contributed by atoms with Crippen molar-refractivity contribution in [2.75, 3.05) is 18.4 Å². The third kappa shape index (κ3) is 5.13. The molecule has 1 aromatic carbocycles. The van der Waals surface area contributed by atoms with Gasteiger partial charge in [-0.05, 0) is 37.0 Å². The number of nitrogens with one attached hydrogen (secondary N) is 1. The number of piperidine rings is 1. The van der Waals surface area contributed by atoms with Crippen molar-refractivity contribution in [2.24, 2.45) is 5.92 Å². The van der Waals surface area contributed by atoms with Gasteiger partial charge in [0.1, 0.15) is 11.6 Å². The van der Waals surface area contributed by atoms with E-state index in [1.807, 2.05) is 4.90 Å². The van der Waals surface area contributed by atoms with Crippen LogP contribution in [0.3, 0.4) is 0 Å². The number of alkyl halides is 3. The molecular weight excluding hydrogens is 355 g/mol. The number of anilines is 1. The molecule has 0 unspecified atom stereocenters. The highest BCUT2D eigenvalue weighted by atomic mass is 35.5. The zero-order valence-corrected chi connectivity index (χ0v) is 14.3. The summed E-state index contributed by atoms with van der Waals surface area (Å²) in [5.74, 6) is -0.157. The fourth-order valence-corrected chi connectivity index (χ4v) is 2.72. The average Bonchev–Trinajstić information content (AvgIpc) is 2.55. The molecule has 1 saturated heterocycles. The van der Waals surface area contributed by atoms with Gasteiger partial charge in [-0.1, -0.05) is 18.5 Å². The van der Waals surface area contributed by atoms with Gasteiger partial charge in [-0.2, -0.15) is 18.4 Å². The van der Waals surface area contributed by atoms with Crippen molar-refractivity contribution in [1.29, 1.82) is 5.26 Å². The monoisotopic (exact) mass is 371 g/mol. The highest BCUT2D eigenvalue weighted by molar-refractivity contribution is 6.31. The van der Waals surface area contributed by atoms with E-state index in [9.17, 15) is 23.2 Å². The molecule has 1 fully saturated rings. The number of carbonyl (C=O) groups excluding carboxylic acids is 1. The predicted molar refractivity (Wildman–Crippen MR) is 88.8 cm³/mol. The molecule has 1 heterocycles. The van der Waals surface area contributed by atoms with E-state index >= 15 is 0 Å². The number of hydrogen-bond donors (Lipinski definition) is 1. The lowest BCUT2D eigenvalue weighted by Crippen LogP contribution is -2.29. The Balaban J connectivity index is 2.14. The predicted octanol–water partition coefficient (Wildman–Crippen LogP) is 4.44. The zero-order valence-electron chi connectivity index (χ0n) is 13.5. The maximum Gasteiger partial charge on any atom is 0.417 e. The van der Waals surface area contributed by atoms with Crippen LogP contribution < -0.4 is 5.32 Å². The van der Waals surface area contributed by atoms with Gasteiger partial charge in [0.2, 0.25) is 0 Å². The number of nitriles is 1. The summed E-state index contributed by atoms with van der Waals surface area (Å²) in [7, 11) is 0. The molecule has 0 radical (unpaired) electrons. The molecule has 2 rings (SSSR count). The van der Waals surface area contributed by atoms with Crippen LogP contribution in [0, 0.1) is 17.2 Å². The Labute approximate surface area is 148 Å².